The van der Waals surface area contributed by atoms with Crippen molar-refractivity contribution >= 4 is 21.6 Å². The van der Waals surface area contributed by atoms with Crippen LogP contribution in [0, 0.1) is 0 Å². The average Bonchev–Trinajstić information content (AvgIpc) is 2.71. The maximum Gasteiger partial charge on any atom is 0.123 e. The summed E-state index contributed by atoms with van der Waals surface area (Å²) in [6, 6.07) is 4.51. The Morgan fingerprint density at radius 3 is 2.69 bits per heavy atom. The molecule has 0 saturated carbocycles. The Hall–Kier alpha value is -0.890. The van der Waals surface area contributed by atoms with Gasteiger partial charge in [-0.1, -0.05) is 27.7 Å². The second kappa shape index (κ2) is 4.54. The van der Waals surface area contributed by atoms with Gasteiger partial charge in [-0.3, -0.25) is 0 Å². The van der Waals surface area contributed by atoms with E-state index in [-0.39, 0.29) is 0 Å². The Morgan fingerprint density at radius 2 is 2.06 bits per heavy atom. The number of nitrogens with zero attached hydrogens (tertiary/aromatic N) is 1. The zero-order valence-corrected chi connectivity index (χ0v) is 11.3. The molecule has 0 spiro atoms. The van der Waals surface area contributed by atoms with Crippen molar-refractivity contribution in [3.63, 3.8) is 0 Å². The fourth-order valence-corrected chi connectivity index (χ4v) is 2.95. The number of fused-ring (bicyclic) bond motifs is 1. The van der Waals surface area contributed by atoms with Crippen molar-refractivity contribution < 1.29 is 0 Å². The van der Waals surface area contributed by atoms with E-state index in [9.17, 15) is 0 Å². The van der Waals surface area contributed by atoms with Crippen molar-refractivity contribution in [2.45, 2.75) is 46.0 Å². The highest BCUT2D eigenvalue weighted by Crippen LogP contribution is 2.34. The van der Waals surface area contributed by atoms with Crippen molar-refractivity contribution in [1.82, 2.24) is 4.98 Å². The van der Waals surface area contributed by atoms with E-state index in [0.717, 1.165) is 0 Å². The normalized spacial score (nSPS) is 13.6. The number of aromatic nitrogens is 1. The summed E-state index contributed by atoms with van der Waals surface area (Å²) < 4.78 is 0. The molecule has 86 valence electrons. The molecule has 0 aliphatic carbocycles. The van der Waals surface area contributed by atoms with Crippen LogP contribution in [-0.4, -0.2) is 4.98 Å². The molecule has 16 heavy (non-hydrogen) atoms. The highest BCUT2D eigenvalue weighted by molar-refractivity contribution is 7.18. The fourth-order valence-electron chi connectivity index (χ4n) is 1.91. The number of rotatable bonds is 3. The summed E-state index contributed by atoms with van der Waals surface area (Å²) in [7, 11) is 0. The minimum atomic E-state index is 0.601. The molecule has 2 aromatic rings. The molecule has 1 unspecified atom stereocenters. The third-order valence-electron chi connectivity index (χ3n) is 3.20. The van der Waals surface area contributed by atoms with Crippen molar-refractivity contribution in [1.29, 1.82) is 0 Å². The molecule has 2 heteroatoms. The van der Waals surface area contributed by atoms with E-state index in [1.54, 1.807) is 0 Å². The standard InChI is InChI=1S/C14H19NS/c1-5-10(4)11-6-7-15-14-12(11)8-13(16-14)9(2)3/h6-10H,5H2,1-4H3. The molecule has 2 rings (SSSR count). The van der Waals surface area contributed by atoms with E-state index in [1.807, 2.05) is 17.5 Å². The Kier molecular flexibility index (Phi) is 3.29. The van der Waals surface area contributed by atoms with Crippen LogP contribution in [0.5, 0.6) is 0 Å². The Labute approximate surface area is 102 Å². The zero-order chi connectivity index (χ0) is 11.7. The van der Waals surface area contributed by atoms with Crippen molar-refractivity contribution in [3.8, 4) is 0 Å². The topological polar surface area (TPSA) is 12.9 Å². The van der Waals surface area contributed by atoms with Gasteiger partial charge in [0, 0.05) is 16.5 Å². The minimum absolute atomic E-state index is 0.601. The van der Waals surface area contributed by atoms with E-state index >= 15 is 0 Å². The Balaban J connectivity index is 2.58. The van der Waals surface area contributed by atoms with Gasteiger partial charge in [-0.15, -0.1) is 11.3 Å². The SMILES string of the molecule is CCC(C)c1ccnc2sc(C(C)C)cc12. The lowest BCUT2D eigenvalue weighted by Crippen LogP contribution is -1.92. The first-order valence-corrected chi connectivity index (χ1v) is 6.83. The number of hydrogen-bond acceptors (Lipinski definition) is 2. The summed E-state index contributed by atoms with van der Waals surface area (Å²) in [4.78, 5) is 7.12. The first kappa shape index (κ1) is 11.6. The van der Waals surface area contributed by atoms with Crippen molar-refractivity contribution in [2.75, 3.05) is 0 Å². The van der Waals surface area contributed by atoms with Crippen LogP contribution in [0.15, 0.2) is 18.3 Å². The quantitative estimate of drug-likeness (QED) is 0.732. The molecule has 0 radical (unpaired) electrons. The first-order chi connectivity index (χ1) is 7.63. The average molecular weight is 233 g/mol. The molecule has 0 fully saturated rings. The molecule has 0 amide bonds. The molecule has 0 aliphatic rings. The molecule has 1 atom stereocenters. The zero-order valence-electron chi connectivity index (χ0n) is 10.4. The second-order valence-electron chi connectivity index (χ2n) is 4.73. The summed E-state index contributed by atoms with van der Waals surface area (Å²) in [5.41, 5.74) is 1.45. The summed E-state index contributed by atoms with van der Waals surface area (Å²) in [5.74, 6) is 1.23. The molecular formula is C14H19NS. The monoisotopic (exact) mass is 233 g/mol. The van der Waals surface area contributed by atoms with Crippen LogP contribution < -0.4 is 0 Å². The molecule has 0 bridgehead atoms. The third-order valence-corrected chi connectivity index (χ3v) is 4.54. The van der Waals surface area contributed by atoms with E-state index < -0.39 is 0 Å². The highest BCUT2D eigenvalue weighted by Gasteiger charge is 2.12. The lowest BCUT2D eigenvalue weighted by Gasteiger charge is -2.09. The van der Waals surface area contributed by atoms with Crippen LogP contribution in [0.3, 0.4) is 0 Å². The third kappa shape index (κ3) is 1.99. The smallest absolute Gasteiger partial charge is 0.123 e. The molecule has 2 heterocycles. The van der Waals surface area contributed by atoms with Gasteiger partial charge in [0.25, 0.3) is 0 Å². The van der Waals surface area contributed by atoms with Gasteiger partial charge in [-0.05, 0) is 36.0 Å². The van der Waals surface area contributed by atoms with E-state index in [1.165, 1.54) is 27.1 Å². The van der Waals surface area contributed by atoms with E-state index in [4.69, 9.17) is 0 Å². The van der Waals surface area contributed by atoms with Gasteiger partial charge in [-0.2, -0.15) is 0 Å². The van der Waals surface area contributed by atoms with Crippen molar-refractivity contribution in [3.05, 3.63) is 28.8 Å². The van der Waals surface area contributed by atoms with E-state index in [0.29, 0.717) is 11.8 Å². The predicted octanol–water partition coefficient (Wildman–Crippen LogP) is 4.93. The van der Waals surface area contributed by atoms with Crippen molar-refractivity contribution in [2.24, 2.45) is 0 Å². The molecule has 0 N–H and O–H groups in total. The summed E-state index contributed by atoms with van der Waals surface area (Å²) in [5, 5.41) is 1.37. The van der Waals surface area contributed by atoms with Crippen LogP contribution in [0.1, 0.15) is 56.4 Å². The van der Waals surface area contributed by atoms with Gasteiger partial charge >= 0.3 is 0 Å². The number of thiophene rings is 1. The molecule has 0 saturated heterocycles. The van der Waals surface area contributed by atoms with Crippen LogP contribution in [0.2, 0.25) is 0 Å². The summed E-state index contributed by atoms with van der Waals surface area (Å²) in [6.07, 6.45) is 3.14. The van der Waals surface area contributed by atoms with Crippen LogP contribution in [0.25, 0.3) is 10.2 Å². The summed E-state index contributed by atoms with van der Waals surface area (Å²) >= 11 is 1.84. The molecule has 2 aromatic heterocycles. The van der Waals surface area contributed by atoms with Crippen LogP contribution in [-0.2, 0) is 0 Å². The summed E-state index contributed by atoms with van der Waals surface area (Å²) in [6.45, 7) is 9.02. The largest absolute Gasteiger partial charge is 0.245 e. The van der Waals surface area contributed by atoms with Gasteiger partial charge < -0.3 is 0 Å². The molecule has 0 aromatic carbocycles. The molecule has 0 aliphatic heterocycles. The maximum atomic E-state index is 4.48. The lowest BCUT2D eigenvalue weighted by molar-refractivity contribution is 0.739. The Bertz CT molecular complexity index is 484. The van der Waals surface area contributed by atoms with Crippen LogP contribution >= 0.6 is 11.3 Å². The van der Waals surface area contributed by atoms with Gasteiger partial charge in [0.05, 0.1) is 0 Å². The molecular weight excluding hydrogens is 214 g/mol. The highest BCUT2D eigenvalue weighted by atomic mass is 32.1. The van der Waals surface area contributed by atoms with Gasteiger partial charge in [0.1, 0.15) is 4.83 Å². The van der Waals surface area contributed by atoms with Gasteiger partial charge in [0.2, 0.25) is 0 Å². The first-order valence-electron chi connectivity index (χ1n) is 6.01. The predicted molar refractivity (Wildman–Crippen MR) is 72.4 cm³/mol. The minimum Gasteiger partial charge on any atom is -0.245 e. The second-order valence-corrected chi connectivity index (χ2v) is 5.79. The number of pyridine rings is 1. The molecule has 1 nitrogen and oxygen atoms in total. The van der Waals surface area contributed by atoms with Crippen LogP contribution in [0.4, 0.5) is 0 Å². The van der Waals surface area contributed by atoms with E-state index in [2.05, 4.69) is 44.8 Å². The maximum absolute atomic E-state index is 4.48. The van der Waals surface area contributed by atoms with Gasteiger partial charge in [0.15, 0.2) is 0 Å². The lowest BCUT2D eigenvalue weighted by atomic mass is 9.97. The van der Waals surface area contributed by atoms with Gasteiger partial charge in [-0.25, -0.2) is 4.98 Å². The fraction of sp³-hybridized carbons (Fsp3) is 0.500. The number of hydrogen-bond donors (Lipinski definition) is 0. The Morgan fingerprint density at radius 1 is 1.31 bits per heavy atom.